The third-order valence-electron chi connectivity index (χ3n) is 2.74. The highest BCUT2D eigenvalue weighted by Crippen LogP contribution is 2.39. The molecule has 2 rings (SSSR count). The van der Waals surface area contributed by atoms with E-state index in [0.717, 1.165) is 12.1 Å². The highest BCUT2D eigenvalue weighted by molar-refractivity contribution is 6.36. The molecule has 0 saturated heterocycles. The molecule has 0 radical (unpaired) electrons. The van der Waals surface area contributed by atoms with Crippen LogP contribution in [0.4, 0.5) is 18.9 Å². The van der Waals surface area contributed by atoms with Crippen LogP contribution in [0.15, 0.2) is 36.4 Å². The van der Waals surface area contributed by atoms with E-state index in [0.29, 0.717) is 16.7 Å². The zero-order valence-corrected chi connectivity index (χ0v) is 11.6. The van der Waals surface area contributed by atoms with Crippen molar-refractivity contribution in [1.29, 1.82) is 0 Å². The van der Waals surface area contributed by atoms with Gasteiger partial charge in [0.2, 0.25) is 0 Å². The average Bonchev–Trinajstić information content (AvgIpc) is 2.37. The molecule has 0 aliphatic heterocycles. The van der Waals surface area contributed by atoms with Gasteiger partial charge in [-0.25, -0.2) is 0 Å². The molecule has 0 spiro atoms. The van der Waals surface area contributed by atoms with E-state index in [9.17, 15) is 23.3 Å². The molecule has 0 N–H and O–H groups in total. The molecule has 21 heavy (non-hydrogen) atoms. The summed E-state index contributed by atoms with van der Waals surface area (Å²) < 4.78 is 38.2. The van der Waals surface area contributed by atoms with E-state index in [4.69, 9.17) is 23.2 Å². The summed E-state index contributed by atoms with van der Waals surface area (Å²) in [5.74, 6) is 0. The Hall–Kier alpha value is -1.79. The fourth-order valence-electron chi connectivity index (χ4n) is 1.81. The van der Waals surface area contributed by atoms with Crippen molar-refractivity contribution in [3.63, 3.8) is 0 Å². The Kier molecular flexibility index (Phi) is 4.11. The lowest BCUT2D eigenvalue weighted by molar-refractivity contribution is -0.388. The number of halogens is 5. The Balaban J connectivity index is 2.62. The number of rotatable bonds is 2. The predicted octanol–water partition coefficient (Wildman–Crippen LogP) is 5.59. The average molecular weight is 336 g/mol. The highest BCUT2D eigenvalue weighted by atomic mass is 35.5. The van der Waals surface area contributed by atoms with E-state index in [-0.39, 0.29) is 10.6 Å². The van der Waals surface area contributed by atoms with Crippen LogP contribution in [-0.4, -0.2) is 4.92 Å². The molecular weight excluding hydrogens is 330 g/mol. The second kappa shape index (κ2) is 5.54. The van der Waals surface area contributed by atoms with Gasteiger partial charge in [0, 0.05) is 21.7 Å². The topological polar surface area (TPSA) is 43.1 Å². The molecule has 110 valence electrons. The normalized spacial score (nSPS) is 11.5. The van der Waals surface area contributed by atoms with Crippen molar-refractivity contribution in [2.75, 3.05) is 0 Å². The predicted molar refractivity (Wildman–Crippen MR) is 73.6 cm³/mol. The summed E-state index contributed by atoms with van der Waals surface area (Å²) in [7, 11) is 0. The largest absolute Gasteiger partial charge is 0.422 e. The summed E-state index contributed by atoms with van der Waals surface area (Å²) in [5, 5.41) is 11.4. The lowest BCUT2D eigenvalue weighted by Crippen LogP contribution is -2.08. The molecule has 0 saturated carbocycles. The number of nitro groups is 1. The highest BCUT2D eigenvalue weighted by Gasteiger charge is 2.38. The maximum atomic E-state index is 12.7. The van der Waals surface area contributed by atoms with Crippen LogP contribution in [0.1, 0.15) is 5.56 Å². The standard InChI is InChI=1S/C13H6Cl2F3NO2/c14-8-2-3-9(11(15)6-8)7-1-4-10(13(16,17)18)12(5-7)19(20)21/h1-6H. The first-order chi connectivity index (χ1) is 9.70. The van der Waals surface area contributed by atoms with Gasteiger partial charge in [-0.1, -0.05) is 35.3 Å². The van der Waals surface area contributed by atoms with Gasteiger partial charge < -0.3 is 0 Å². The van der Waals surface area contributed by atoms with Gasteiger partial charge in [-0.05, 0) is 23.8 Å². The zero-order valence-electron chi connectivity index (χ0n) is 10.1. The van der Waals surface area contributed by atoms with Gasteiger partial charge in [0.1, 0.15) is 5.56 Å². The first-order valence-electron chi connectivity index (χ1n) is 5.51. The van der Waals surface area contributed by atoms with Crippen LogP contribution < -0.4 is 0 Å². The molecule has 0 aliphatic carbocycles. The molecule has 0 unspecified atom stereocenters. The van der Waals surface area contributed by atoms with Crippen LogP contribution in [0, 0.1) is 10.1 Å². The minimum atomic E-state index is -4.80. The van der Waals surface area contributed by atoms with Crippen molar-refractivity contribution in [3.05, 3.63) is 62.1 Å². The monoisotopic (exact) mass is 335 g/mol. The summed E-state index contributed by atoms with van der Waals surface area (Å²) in [6, 6.07) is 7.02. The first kappa shape index (κ1) is 15.6. The van der Waals surface area contributed by atoms with E-state index in [1.807, 2.05) is 0 Å². The van der Waals surface area contributed by atoms with Gasteiger partial charge in [-0.15, -0.1) is 0 Å². The SMILES string of the molecule is O=[N+]([O-])c1cc(-c2ccc(Cl)cc2Cl)ccc1C(F)(F)F. The second-order valence-electron chi connectivity index (χ2n) is 4.11. The Labute approximate surface area is 127 Å². The van der Waals surface area contributed by atoms with Crippen LogP contribution in [0.5, 0.6) is 0 Å². The summed E-state index contributed by atoms with van der Waals surface area (Å²) in [6.07, 6.45) is -4.80. The molecule has 0 aliphatic rings. The van der Waals surface area contributed by atoms with Crippen molar-refractivity contribution in [2.45, 2.75) is 6.18 Å². The minimum absolute atomic E-state index is 0.191. The minimum Gasteiger partial charge on any atom is -0.258 e. The van der Waals surface area contributed by atoms with Crippen LogP contribution >= 0.6 is 23.2 Å². The summed E-state index contributed by atoms with van der Waals surface area (Å²) in [4.78, 5) is 9.77. The molecule has 0 fully saturated rings. The number of benzene rings is 2. The molecule has 2 aromatic carbocycles. The Morgan fingerprint density at radius 3 is 2.24 bits per heavy atom. The quantitative estimate of drug-likeness (QED) is 0.530. The van der Waals surface area contributed by atoms with Gasteiger partial charge in [0.05, 0.1) is 4.92 Å². The van der Waals surface area contributed by atoms with Gasteiger partial charge in [-0.2, -0.15) is 13.2 Å². The van der Waals surface area contributed by atoms with E-state index in [1.165, 1.54) is 18.2 Å². The summed E-state index contributed by atoms with van der Waals surface area (Å²) in [5.41, 5.74) is -1.76. The van der Waals surface area contributed by atoms with Crippen molar-refractivity contribution < 1.29 is 18.1 Å². The molecule has 3 nitrogen and oxygen atoms in total. The summed E-state index contributed by atoms with van der Waals surface area (Å²) >= 11 is 11.7. The number of hydrogen-bond donors (Lipinski definition) is 0. The Morgan fingerprint density at radius 2 is 1.71 bits per heavy atom. The van der Waals surface area contributed by atoms with Crippen LogP contribution in [-0.2, 0) is 6.18 Å². The van der Waals surface area contributed by atoms with Gasteiger partial charge in [0.25, 0.3) is 5.69 Å². The third kappa shape index (κ3) is 3.28. The third-order valence-corrected chi connectivity index (χ3v) is 3.29. The molecule has 0 amide bonds. The molecule has 0 aromatic heterocycles. The molecule has 0 bridgehead atoms. The maximum absolute atomic E-state index is 12.7. The van der Waals surface area contributed by atoms with Crippen LogP contribution in [0.3, 0.4) is 0 Å². The van der Waals surface area contributed by atoms with E-state index in [1.54, 1.807) is 0 Å². The molecule has 0 atom stereocenters. The van der Waals surface area contributed by atoms with Crippen molar-refractivity contribution in [1.82, 2.24) is 0 Å². The van der Waals surface area contributed by atoms with Gasteiger partial charge in [0.15, 0.2) is 0 Å². The second-order valence-corrected chi connectivity index (χ2v) is 4.95. The smallest absolute Gasteiger partial charge is 0.258 e. The molecule has 0 heterocycles. The van der Waals surface area contributed by atoms with E-state index < -0.39 is 22.4 Å². The van der Waals surface area contributed by atoms with Crippen molar-refractivity contribution in [3.8, 4) is 11.1 Å². The Morgan fingerprint density at radius 1 is 1.05 bits per heavy atom. The van der Waals surface area contributed by atoms with Crippen LogP contribution in [0.25, 0.3) is 11.1 Å². The zero-order chi connectivity index (χ0) is 15.8. The van der Waals surface area contributed by atoms with Gasteiger partial charge >= 0.3 is 6.18 Å². The first-order valence-corrected chi connectivity index (χ1v) is 6.27. The maximum Gasteiger partial charge on any atom is 0.422 e. The molecule has 2 aromatic rings. The van der Waals surface area contributed by atoms with E-state index >= 15 is 0 Å². The number of nitrogens with zero attached hydrogens (tertiary/aromatic N) is 1. The van der Waals surface area contributed by atoms with Crippen molar-refractivity contribution >= 4 is 28.9 Å². The fourth-order valence-corrected chi connectivity index (χ4v) is 2.33. The van der Waals surface area contributed by atoms with E-state index in [2.05, 4.69) is 0 Å². The molecular formula is C13H6Cl2F3NO2. The Bertz CT molecular complexity index is 717. The van der Waals surface area contributed by atoms with Crippen LogP contribution in [0.2, 0.25) is 10.0 Å². The number of hydrogen-bond acceptors (Lipinski definition) is 2. The lowest BCUT2D eigenvalue weighted by Gasteiger charge is -2.10. The molecule has 8 heteroatoms. The fraction of sp³-hybridized carbons (Fsp3) is 0.0769. The van der Waals surface area contributed by atoms with Crippen molar-refractivity contribution in [2.24, 2.45) is 0 Å². The van der Waals surface area contributed by atoms with Gasteiger partial charge in [-0.3, -0.25) is 10.1 Å². The lowest BCUT2D eigenvalue weighted by atomic mass is 10.0. The number of alkyl halides is 3. The number of nitro benzene ring substituents is 1. The summed E-state index contributed by atoms with van der Waals surface area (Å²) in [6.45, 7) is 0.